The van der Waals surface area contributed by atoms with Gasteiger partial charge in [0.05, 0.1) is 0 Å². The Balaban J connectivity index is 1.73. The fourth-order valence-electron chi connectivity index (χ4n) is 4.55. The second-order valence-electron chi connectivity index (χ2n) is 8.12. The van der Waals surface area contributed by atoms with Crippen LogP contribution in [0.2, 0.25) is 0 Å². The number of nitrogens with one attached hydrogen (secondary N) is 2. The number of urea groups is 1. The van der Waals surface area contributed by atoms with Crippen molar-refractivity contribution >= 4 is 23.3 Å². The summed E-state index contributed by atoms with van der Waals surface area (Å²) < 4.78 is 55.1. The molecule has 0 radical (unpaired) electrons. The largest absolute Gasteiger partial charge is 0.351 e. The average molecular weight is 415 g/mol. The standard InChI is InChI=1S/C20H25F4N3O2/c21-19(22)7-4-12(5-8-19)15-6-9-20(23,24)11-16(15)17(28)26-13-2-1-3-14(10-13)27-18(25)29/h1-3,10,12,15-16H,4-9,11H2,(H,26,28)(H3,25,27,29). The highest BCUT2D eigenvalue weighted by Crippen LogP contribution is 2.49. The third-order valence-electron chi connectivity index (χ3n) is 5.98. The van der Waals surface area contributed by atoms with E-state index >= 15 is 0 Å². The van der Waals surface area contributed by atoms with Crippen molar-refractivity contribution in [1.29, 1.82) is 0 Å². The number of alkyl halides is 4. The molecule has 1 aromatic rings. The number of carbonyl (C=O) groups is 2. The second-order valence-corrected chi connectivity index (χ2v) is 8.12. The Morgan fingerprint density at radius 1 is 0.931 bits per heavy atom. The first kappa shape index (κ1) is 21.4. The van der Waals surface area contributed by atoms with Gasteiger partial charge in [0.2, 0.25) is 17.8 Å². The van der Waals surface area contributed by atoms with Crippen LogP contribution in [0.25, 0.3) is 0 Å². The first-order chi connectivity index (χ1) is 13.5. The van der Waals surface area contributed by atoms with Crippen LogP contribution in [-0.4, -0.2) is 23.8 Å². The molecule has 2 aliphatic carbocycles. The molecular formula is C20H25F4N3O2. The summed E-state index contributed by atoms with van der Waals surface area (Å²) >= 11 is 0. The molecule has 3 amide bonds. The molecular weight excluding hydrogens is 390 g/mol. The summed E-state index contributed by atoms with van der Waals surface area (Å²) in [7, 11) is 0. The number of nitrogens with two attached hydrogens (primary N) is 1. The van der Waals surface area contributed by atoms with Gasteiger partial charge in [-0.2, -0.15) is 0 Å². The number of anilines is 2. The van der Waals surface area contributed by atoms with Crippen molar-refractivity contribution in [1.82, 2.24) is 0 Å². The topological polar surface area (TPSA) is 84.2 Å². The summed E-state index contributed by atoms with van der Waals surface area (Å²) in [6.07, 6.45) is -0.817. The van der Waals surface area contributed by atoms with E-state index < -0.39 is 36.1 Å². The van der Waals surface area contributed by atoms with E-state index in [4.69, 9.17) is 5.73 Å². The maximum Gasteiger partial charge on any atom is 0.316 e. The lowest BCUT2D eigenvalue weighted by Crippen LogP contribution is -2.43. The maximum absolute atomic E-state index is 14.1. The molecule has 0 spiro atoms. The van der Waals surface area contributed by atoms with Gasteiger partial charge in [-0.3, -0.25) is 4.79 Å². The number of amides is 3. The maximum atomic E-state index is 14.1. The first-order valence-corrected chi connectivity index (χ1v) is 9.78. The molecule has 0 aliphatic heterocycles. The van der Waals surface area contributed by atoms with Crippen molar-refractivity contribution in [3.63, 3.8) is 0 Å². The van der Waals surface area contributed by atoms with Gasteiger partial charge in [0.25, 0.3) is 0 Å². The number of halogens is 4. The van der Waals surface area contributed by atoms with Crippen LogP contribution >= 0.6 is 0 Å². The number of carbonyl (C=O) groups excluding carboxylic acids is 2. The molecule has 0 saturated heterocycles. The molecule has 4 N–H and O–H groups in total. The fraction of sp³-hybridized carbons (Fsp3) is 0.600. The van der Waals surface area contributed by atoms with Gasteiger partial charge in [-0.15, -0.1) is 0 Å². The van der Waals surface area contributed by atoms with Crippen LogP contribution in [-0.2, 0) is 4.79 Å². The van der Waals surface area contributed by atoms with Crippen molar-refractivity contribution in [3.05, 3.63) is 24.3 Å². The minimum atomic E-state index is -2.95. The summed E-state index contributed by atoms with van der Waals surface area (Å²) in [5.74, 6) is -7.68. The molecule has 2 unspecified atom stereocenters. The molecule has 0 heterocycles. The lowest BCUT2D eigenvalue weighted by molar-refractivity contribution is -0.136. The Labute approximate surface area is 166 Å². The van der Waals surface area contributed by atoms with Gasteiger partial charge in [-0.05, 0) is 49.3 Å². The fourth-order valence-corrected chi connectivity index (χ4v) is 4.55. The molecule has 0 bridgehead atoms. The van der Waals surface area contributed by atoms with Gasteiger partial charge in [-0.25, -0.2) is 22.4 Å². The van der Waals surface area contributed by atoms with Crippen LogP contribution in [0.4, 0.5) is 33.7 Å². The average Bonchev–Trinajstić information content (AvgIpc) is 2.61. The van der Waals surface area contributed by atoms with Gasteiger partial charge in [-0.1, -0.05) is 6.07 Å². The van der Waals surface area contributed by atoms with Crippen LogP contribution in [0.1, 0.15) is 44.9 Å². The third kappa shape index (κ3) is 5.61. The van der Waals surface area contributed by atoms with E-state index in [0.29, 0.717) is 11.4 Å². The monoisotopic (exact) mass is 415 g/mol. The van der Waals surface area contributed by atoms with E-state index in [9.17, 15) is 27.2 Å². The second kappa shape index (κ2) is 8.20. The molecule has 3 rings (SSSR count). The zero-order chi connectivity index (χ0) is 21.2. The summed E-state index contributed by atoms with van der Waals surface area (Å²) in [4.78, 5) is 23.8. The number of rotatable bonds is 4. The van der Waals surface area contributed by atoms with Gasteiger partial charge in [0.15, 0.2) is 0 Å². The SMILES string of the molecule is NC(=O)Nc1cccc(NC(=O)C2CC(F)(F)CCC2C2CCC(F)(F)CC2)c1. The lowest BCUT2D eigenvalue weighted by atomic mass is 9.66. The lowest BCUT2D eigenvalue weighted by Gasteiger charge is -2.42. The van der Waals surface area contributed by atoms with Crippen LogP contribution in [0.15, 0.2) is 24.3 Å². The molecule has 0 aromatic heterocycles. The quantitative estimate of drug-likeness (QED) is 0.605. The van der Waals surface area contributed by atoms with Gasteiger partial charge < -0.3 is 16.4 Å². The Morgan fingerprint density at radius 3 is 2.14 bits per heavy atom. The minimum absolute atomic E-state index is 0.143. The van der Waals surface area contributed by atoms with Gasteiger partial charge in [0, 0.05) is 43.0 Å². The van der Waals surface area contributed by atoms with Crippen molar-refractivity contribution in [2.45, 2.75) is 56.8 Å². The highest BCUT2D eigenvalue weighted by Gasteiger charge is 2.48. The highest BCUT2D eigenvalue weighted by atomic mass is 19.3. The first-order valence-electron chi connectivity index (χ1n) is 9.78. The van der Waals surface area contributed by atoms with Gasteiger partial charge in [0.1, 0.15) is 0 Å². The Bertz CT molecular complexity index is 762. The smallest absolute Gasteiger partial charge is 0.316 e. The number of primary amides is 1. The number of hydrogen-bond donors (Lipinski definition) is 3. The van der Waals surface area contributed by atoms with Crippen LogP contribution < -0.4 is 16.4 Å². The summed E-state index contributed by atoms with van der Waals surface area (Å²) in [6, 6.07) is 5.42. The van der Waals surface area contributed by atoms with E-state index in [0.717, 1.165) is 0 Å². The zero-order valence-corrected chi connectivity index (χ0v) is 15.9. The van der Waals surface area contributed by atoms with E-state index in [1.165, 1.54) is 6.07 Å². The van der Waals surface area contributed by atoms with Gasteiger partial charge >= 0.3 is 6.03 Å². The summed E-state index contributed by atoms with van der Waals surface area (Å²) in [6.45, 7) is 0. The Morgan fingerprint density at radius 2 is 1.52 bits per heavy atom. The molecule has 29 heavy (non-hydrogen) atoms. The van der Waals surface area contributed by atoms with Crippen molar-refractivity contribution < 1.29 is 27.2 Å². The highest BCUT2D eigenvalue weighted by molar-refractivity contribution is 5.94. The normalized spacial score (nSPS) is 26.5. The minimum Gasteiger partial charge on any atom is -0.351 e. The molecule has 1 aromatic carbocycles. The molecule has 2 aliphatic rings. The van der Waals surface area contributed by atoms with E-state index in [1.807, 2.05) is 0 Å². The molecule has 2 saturated carbocycles. The summed E-state index contributed by atoms with van der Waals surface area (Å²) in [5.41, 5.74) is 5.76. The predicted octanol–water partition coefficient (Wildman–Crippen LogP) is 4.99. The Hall–Kier alpha value is -2.32. The van der Waals surface area contributed by atoms with Crippen molar-refractivity contribution in [2.24, 2.45) is 23.5 Å². The van der Waals surface area contributed by atoms with E-state index in [1.54, 1.807) is 18.2 Å². The van der Waals surface area contributed by atoms with E-state index in [2.05, 4.69) is 10.6 Å². The predicted molar refractivity (Wildman–Crippen MR) is 101 cm³/mol. The third-order valence-corrected chi connectivity index (χ3v) is 5.98. The van der Waals surface area contributed by atoms with Crippen LogP contribution in [0.3, 0.4) is 0 Å². The molecule has 2 atom stereocenters. The van der Waals surface area contributed by atoms with Crippen molar-refractivity contribution in [3.8, 4) is 0 Å². The summed E-state index contributed by atoms with van der Waals surface area (Å²) in [5, 5.41) is 5.01. The zero-order valence-electron chi connectivity index (χ0n) is 15.9. The van der Waals surface area contributed by atoms with Crippen molar-refractivity contribution in [2.75, 3.05) is 10.6 Å². The van der Waals surface area contributed by atoms with Crippen LogP contribution in [0.5, 0.6) is 0 Å². The number of hydrogen-bond acceptors (Lipinski definition) is 2. The van der Waals surface area contributed by atoms with E-state index in [-0.39, 0.29) is 50.4 Å². The number of benzene rings is 1. The van der Waals surface area contributed by atoms with Crippen LogP contribution in [0, 0.1) is 17.8 Å². The Kier molecular flexibility index (Phi) is 6.05. The molecule has 9 heteroatoms. The molecule has 160 valence electrons. The molecule has 5 nitrogen and oxygen atoms in total. The molecule has 2 fully saturated rings.